The molecule has 1 aromatic rings. The number of rotatable bonds is 3. The highest BCUT2D eigenvalue weighted by molar-refractivity contribution is 6.31. The van der Waals surface area contributed by atoms with Crippen LogP contribution in [0.1, 0.15) is 19.4 Å². The Morgan fingerprint density at radius 3 is 2.79 bits per heavy atom. The Bertz CT molecular complexity index is 476. The largest absolute Gasteiger partial charge is 0.359 e. The monoisotopic (exact) mass is 282 g/mol. The van der Waals surface area contributed by atoms with Gasteiger partial charge in [-0.15, -0.1) is 0 Å². The van der Waals surface area contributed by atoms with Gasteiger partial charge in [-0.3, -0.25) is 4.79 Å². The summed E-state index contributed by atoms with van der Waals surface area (Å²) in [7, 11) is 0. The van der Waals surface area contributed by atoms with Gasteiger partial charge in [-0.05, 0) is 25.5 Å². The van der Waals surface area contributed by atoms with Crippen LogP contribution in [0.5, 0.6) is 0 Å². The zero-order chi connectivity index (χ0) is 14.0. The van der Waals surface area contributed by atoms with E-state index in [0.717, 1.165) is 5.56 Å². The van der Waals surface area contributed by atoms with Gasteiger partial charge >= 0.3 is 0 Å². The molecule has 1 unspecified atom stereocenters. The van der Waals surface area contributed by atoms with E-state index in [9.17, 15) is 4.79 Å². The lowest BCUT2D eigenvalue weighted by Crippen LogP contribution is -2.58. The lowest BCUT2D eigenvalue weighted by Gasteiger charge is -2.41. The highest BCUT2D eigenvalue weighted by Gasteiger charge is 2.40. The molecule has 0 aliphatic carbocycles. The molecule has 1 aliphatic heterocycles. The molecule has 2 rings (SSSR count). The Hall–Kier alpha value is -1.10. The number of hydrogen-bond acceptors (Lipinski definition) is 3. The van der Waals surface area contributed by atoms with Crippen LogP contribution in [-0.2, 0) is 16.1 Å². The standard InChI is InChI=1S/C14H19ClN2O2/c1-14(2)13(18)17(9-11(7-16)19-14)8-10-5-3-4-6-12(10)15/h3-6,11H,7-9,16H2,1-2H3. The molecule has 1 saturated heterocycles. The molecule has 19 heavy (non-hydrogen) atoms. The van der Waals surface area contributed by atoms with Crippen molar-refractivity contribution in [2.75, 3.05) is 13.1 Å². The highest BCUT2D eigenvalue weighted by Crippen LogP contribution is 2.25. The maximum absolute atomic E-state index is 12.3. The molecule has 0 radical (unpaired) electrons. The second-order valence-electron chi connectivity index (χ2n) is 5.26. The predicted octanol–water partition coefficient (Wildman–Crippen LogP) is 1.80. The van der Waals surface area contributed by atoms with Crippen molar-refractivity contribution in [1.29, 1.82) is 0 Å². The molecule has 2 N–H and O–H groups in total. The summed E-state index contributed by atoms with van der Waals surface area (Å²) in [5.74, 6) is -0.0304. The summed E-state index contributed by atoms with van der Waals surface area (Å²) >= 11 is 6.14. The van der Waals surface area contributed by atoms with Gasteiger partial charge in [0.05, 0.1) is 6.10 Å². The number of nitrogens with two attached hydrogens (primary N) is 1. The molecule has 4 nitrogen and oxygen atoms in total. The SMILES string of the molecule is CC1(C)OC(CN)CN(Cc2ccccc2Cl)C1=O. The van der Waals surface area contributed by atoms with Gasteiger partial charge in [-0.2, -0.15) is 0 Å². The molecule has 5 heteroatoms. The Morgan fingerprint density at radius 1 is 1.47 bits per heavy atom. The number of hydrogen-bond donors (Lipinski definition) is 1. The fourth-order valence-corrected chi connectivity index (χ4v) is 2.50. The van der Waals surface area contributed by atoms with Crippen LogP contribution in [0.3, 0.4) is 0 Å². The van der Waals surface area contributed by atoms with Crippen molar-refractivity contribution in [3.05, 3.63) is 34.9 Å². The first-order chi connectivity index (χ1) is 8.94. The minimum Gasteiger partial charge on any atom is -0.359 e. The first kappa shape index (κ1) is 14.3. The van der Waals surface area contributed by atoms with Crippen molar-refractivity contribution < 1.29 is 9.53 Å². The van der Waals surface area contributed by atoms with Crippen molar-refractivity contribution in [2.24, 2.45) is 5.73 Å². The van der Waals surface area contributed by atoms with Gasteiger partial charge in [0.25, 0.3) is 5.91 Å². The van der Waals surface area contributed by atoms with Crippen molar-refractivity contribution in [3.63, 3.8) is 0 Å². The second-order valence-corrected chi connectivity index (χ2v) is 5.67. The van der Waals surface area contributed by atoms with Crippen LogP contribution in [-0.4, -0.2) is 35.6 Å². The van der Waals surface area contributed by atoms with Gasteiger partial charge in [-0.25, -0.2) is 0 Å². The summed E-state index contributed by atoms with van der Waals surface area (Å²) in [4.78, 5) is 14.1. The number of nitrogens with zero attached hydrogens (tertiary/aromatic N) is 1. The van der Waals surface area contributed by atoms with Crippen LogP contribution in [0.25, 0.3) is 0 Å². The van der Waals surface area contributed by atoms with Crippen LogP contribution in [0.2, 0.25) is 5.02 Å². The summed E-state index contributed by atoms with van der Waals surface area (Å²) in [6.45, 7) is 4.94. The number of carbonyl (C=O) groups excluding carboxylic acids is 1. The molecule has 1 heterocycles. The van der Waals surface area contributed by atoms with Gasteiger partial charge in [0.1, 0.15) is 5.60 Å². The fourth-order valence-electron chi connectivity index (χ4n) is 2.31. The maximum atomic E-state index is 12.3. The summed E-state index contributed by atoms with van der Waals surface area (Å²) in [6, 6.07) is 7.54. The molecule has 0 saturated carbocycles. The van der Waals surface area contributed by atoms with E-state index in [1.165, 1.54) is 0 Å². The first-order valence-corrected chi connectivity index (χ1v) is 6.72. The van der Waals surface area contributed by atoms with Crippen LogP contribution < -0.4 is 5.73 Å². The molecule has 0 aromatic heterocycles. The van der Waals surface area contributed by atoms with E-state index in [-0.39, 0.29) is 12.0 Å². The van der Waals surface area contributed by atoms with Crippen LogP contribution in [0.4, 0.5) is 0 Å². The minimum absolute atomic E-state index is 0.0304. The second kappa shape index (κ2) is 5.49. The molecule has 1 aliphatic rings. The maximum Gasteiger partial charge on any atom is 0.254 e. The third-order valence-corrected chi connectivity index (χ3v) is 3.64. The Labute approximate surface area is 118 Å². The topological polar surface area (TPSA) is 55.6 Å². The fraction of sp³-hybridized carbons (Fsp3) is 0.500. The smallest absolute Gasteiger partial charge is 0.254 e. The average molecular weight is 283 g/mol. The van der Waals surface area contributed by atoms with E-state index in [1.807, 2.05) is 24.3 Å². The zero-order valence-corrected chi connectivity index (χ0v) is 12.0. The van der Waals surface area contributed by atoms with Gasteiger partial charge in [-0.1, -0.05) is 29.8 Å². The van der Waals surface area contributed by atoms with Gasteiger partial charge < -0.3 is 15.4 Å². The van der Waals surface area contributed by atoms with Crippen molar-refractivity contribution >= 4 is 17.5 Å². The highest BCUT2D eigenvalue weighted by atomic mass is 35.5. The third-order valence-electron chi connectivity index (χ3n) is 3.27. The van der Waals surface area contributed by atoms with Gasteiger partial charge in [0.15, 0.2) is 0 Å². The number of ether oxygens (including phenoxy) is 1. The molecule has 104 valence electrons. The molecule has 1 aromatic carbocycles. The number of morpholine rings is 1. The summed E-state index contributed by atoms with van der Waals surface area (Å²) in [5.41, 5.74) is 5.77. The molecule has 1 atom stereocenters. The van der Waals surface area contributed by atoms with E-state index in [4.69, 9.17) is 22.1 Å². The van der Waals surface area contributed by atoms with Crippen molar-refractivity contribution in [2.45, 2.75) is 32.1 Å². The van der Waals surface area contributed by atoms with Crippen LogP contribution in [0, 0.1) is 0 Å². The average Bonchev–Trinajstić information content (AvgIpc) is 2.37. The lowest BCUT2D eigenvalue weighted by molar-refractivity contribution is -0.179. The number of carbonyl (C=O) groups is 1. The third kappa shape index (κ3) is 3.08. The summed E-state index contributed by atoms with van der Waals surface area (Å²) < 4.78 is 5.68. The normalized spacial score (nSPS) is 22.6. The van der Waals surface area contributed by atoms with E-state index in [2.05, 4.69) is 0 Å². The Kier molecular flexibility index (Phi) is 4.13. The lowest BCUT2D eigenvalue weighted by atomic mass is 10.0. The van der Waals surface area contributed by atoms with E-state index >= 15 is 0 Å². The Morgan fingerprint density at radius 2 is 2.16 bits per heavy atom. The number of amides is 1. The zero-order valence-electron chi connectivity index (χ0n) is 11.2. The Balaban J connectivity index is 2.19. The summed E-state index contributed by atoms with van der Waals surface area (Å²) in [6.07, 6.45) is -0.129. The van der Waals surface area contributed by atoms with Crippen LogP contribution >= 0.6 is 11.6 Å². The van der Waals surface area contributed by atoms with Crippen molar-refractivity contribution in [3.8, 4) is 0 Å². The van der Waals surface area contributed by atoms with Crippen LogP contribution in [0.15, 0.2) is 24.3 Å². The number of benzene rings is 1. The van der Waals surface area contributed by atoms with Crippen molar-refractivity contribution in [1.82, 2.24) is 4.90 Å². The molecule has 1 amide bonds. The predicted molar refractivity (Wildman–Crippen MR) is 74.9 cm³/mol. The molecular weight excluding hydrogens is 264 g/mol. The molecule has 0 bridgehead atoms. The molecule has 0 spiro atoms. The quantitative estimate of drug-likeness (QED) is 0.920. The summed E-state index contributed by atoms with van der Waals surface area (Å²) in [5, 5.41) is 0.670. The van der Waals surface area contributed by atoms with Gasteiger partial charge in [0.2, 0.25) is 0 Å². The number of halogens is 1. The van der Waals surface area contributed by atoms with Gasteiger partial charge in [0, 0.05) is 24.7 Å². The molecule has 1 fully saturated rings. The first-order valence-electron chi connectivity index (χ1n) is 6.34. The van der Waals surface area contributed by atoms with E-state index in [1.54, 1.807) is 18.7 Å². The molecular formula is C14H19ClN2O2. The van der Waals surface area contributed by atoms with E-state index in [0.29, 0.717) is 24.7 Å². The van der Waals surface area contributed by atoms with E-state index < -0.39 is 5.60 Å². The minimum atomic E-state index is -0.830.